The molecule has 0 heterocycles. The van der Waals surface area contributed by atoms with E-state index < -0.39 is 23.7 Å². The maximum Gasteiger partial charge on any atom is 0.416 e. The predicted molar refractivity (Wildman–Crippen MR) is 66.4 cm³/mol. The summed E-state index contributed by atoms with van der Waals surface area (Å²) in [5, 5.41) is 11.3. The van der Waals surface area contributed by atoms with Crippen LogP contribution >= 0.6 is 0 Å². The van der Waals surface area contributed by atoms with Crippen LogP contribution in [0.1, 0.15) is 22.8 Å². The zero-order valence-corrected chi connectivity index (χ0v) is 10.8. The minimum absolute atomic E-state index is 0.0816. The van der Waals surface area contributed by atoms with E-state index in [9.17, 15) is 18.0 Å². The molecular formula is C12H14F3N3O2. The summed E-state index contributed by atoms with van der Waals surface area (Å²) >= 11 is 0. The number of alkyl halides is 3. The van der Waals surface area contributed by atoms with E-state index in [0.717, 1.165) is 29.2 Å². The van der Waals surface area contributed by atoms with E-state index in [1.807, 2.05) is 0 Å². The van der Waals surface area contributed by atoms with E-state index in [4.69, 9.17) is 10.9 Å². The van der Waals surface area contributed by atoms with E-state index in [1.54, 1.807) is 0 Å². The molecule has 110 valence electrons. The second-order valence-electron chi connectivity index (χ2n) is 4.19. The first-order valence-corrected chi connectivity index (χ1v) is 5.60. The van der Waals surface area contributed by atoms with Crippen molar-refractivity contribution in [1.82, 2.24) is 4.90 Å². The molecule has 0 saturated carbocycles. The highest BCUT2D eigenvalue weighted by atomic mass is 19.4. The number of amides is 1. The molecule has 1 rings (SSSR count). The van der Waals surface area contributed by atoms with Gasteiger partial charge in [0.25, 0.3) is 5.91 Å². The molecule has 0 aromatic heterocycles. The first-order valence-electron chi connectivity index (χ1n) is 5.60. The van der Waals surface area contributed by atoms with E-state index >= 15 is 0 Å². The molecule has 8 heteroatoms. The third-order valence-corrected chi connectivity index (χ3v) is 2.90. The van der Waals surface area contributed by atoms with Gasteiger partial charge in [-0.15, -0.1) is 0 Å². The lowest BCUT2D eigenvalue weighted by atomic mass is 10.1. The Hall–Kier alpha value is -2.25. The summed E-state index contributed by atoms with van der Waals surface area (Å²) in [4.78, 5) is 13.2. The number of amidine groups is 1. The summed E-state index contributed by atoms with van der Waals surface area (Å²) in [6, 6.07) is 3.14. The second-order valence-corrected chi connectivity index (χ2v) is 4.19. The van der Waals surface area contributed by atoms with Gasteiger partial charge in [0, 0.05) is 12.6 Å². The van der Waals surface area contributed by atoms with Gasteiger partial charge in [-0.25, -0.2) is 0 Å². The van der Waals surface area contributed by atoms with Crippen LogP contribution in [0.3, 0.4) is 0 Å². The molecule has 0 aliphatic heterocycles. The van der Waals surface area contributed by atoms with Crippen LogP contribution < -0.4 is 5.73 Å². The van der Waals surface area contributed by atoms with Crippen LogP contribution in [0.4, 0.5) is 13.2 Å². The lowest BCUT2D eigenvalue weighted by Gasteiger charge is -2.23. The minimum atomic E-state index is -4.45. The molecule has 1 atom stereocenters. The van der Waals surface area contributed by atoms with Crippen molar-refractivity contribution in [3.05, 3.63) is 35.4 Å². The Morgan fingerprint density at radius 1 is 1.35 bits per heavy atom. The normalized spacial score (nSPS) is 13.9. The van der Waals surface area contributed by atoms with E-state index in [0.29, 0.717) is 0 Å². The monoisotopic (exact) mass is 289 g/mol. The molecule has 0 aliphatic carbocycles. The molecular weight excluding hydrogens is 275 g/mol. The Kier molecular flexibility index (Phi) is 4.59. The summed E-state index contributed by atoms with van der Waals surface area (Å²) in [6.07, 6.45) is -4.45. The van der Waals surface area contributed by atoms with Crippen LogP contribution in [0.25, 0.3) is 0 Å². The van der Waals surface area contributed by atoms with Gasteiger partial charge in [0.05, 0.1) is 11.6 Å². The van der Waals surface area contributed by atoms with Gasteiger partial charge in [0.1, 0.15) is 0 Å². The van der Waals surface area contributed by atoms with Gasteiger partial charge in [-0.3, -0.25) is 4.79 Å². The quantitative estimate of drug-likeness (QED) is 0.386. The van der Waals surface area contributed by atoms with Gasteiger partial charge in [0.2, 0.25) is 0 Å². The van der Waals surface area contributed by atoms with Gasteiger partial charge in [0.15, 0.2) is 5.84 Å². The van der Waals surface area contributed by atoms with E-state index in [-0.39, 0.29) is 11.4 Å². The predicted octanol–water partition coefficient (Wildman–Crippen LogP) is 1.91. The van der Waals surface area contributed by atoms with Crippen molar-refractivity contribution >= 4 is 11.7 Å². The van der Waals surface area contributed by atoms with Crippen molar-refractivity contribution in [1.29, 1.82) is 0 Å². The molecule has 1 aromatic carbocycles. The van der Waals surface area contributed by atoms with Crippen molar-refractivity contribution in [2.24, 2.45) is 10.9 Å². The number of hydrogen-bond acceptors (Lipinski definition) is 3. The number of nitrogens with zero attached hydrogens (tertiary/aromatic N) is 2. The topological polar surface area (TPSA) is 78.9 Å². The fourth-order valence-corrected chi connectivity index (χ4v) is 1.46. The van der Waals surface area contributed by atoms with Crippen LogP contribution in [0.15, 0.2) is 29.4 Å². The molecule has 5 nitrogen and oxygen atoms in total. The summed E-state index contributed by atoms with van der Waals surface area (Å²) in [5.41, 5.74) is 4.62. The number of hydrogen-bond donors (Lipinski definition) is 2. The molecule has 0 spiro atoms. The SMILES string of the molecule is CC(C(N)=NO)N(C)C(=O)c1ccc(C(F)(F)F)cc1. The first-order chi connectivity index (χ1) is 9.18. The molecule has 3 N–H and O–H groups in total. The molecule has 0 saturated heterocycles. The highest BCUT2D eigenvalue weighted by molar-refractivity contribution is 5.97. The van der Waals surface area contributed by atoms with Crippen molar-refractivity contribution in [3.8, 4) is 0 Å². The summed E-state index contributed by atoms with van der Waals surface area (Å²) < 4.78 is 37.2. The Labute approximate surface area is 113 Å². The average molecular weight is 289 g/mol. The van der Waals surface area contributed by atoms with Crippen LogP contribution in [0, 0.1) is 0 Å². The number of likely N-dealkylation sites (N-methyl/N-ethyl adjacent to an activating group) is 1. The Balaban J connectivity index is 2.93. The molecule has 0 aliphatic rings. The maximum atomic E-state index is 12.4. The lowest BCUT2D eigenvalue weighted by Crippen LogP contribution is -2.43. The highest BCUT2D eigenvalue weighted by Gasteiger charge is 2.30. The second kappa shape index (κ2) is 5.81. The van der Waals surface area contributed by atoms with Gasteiger partial charge >= 0.3 is 6.18 Å². The van der Waals surface area contributed by atoms with Crippen molar-refractivity contribution in [2.75, 3.05) is 7.05 Å². The number of halogens is 3. The Morgan fingerprint density at radius 3 is 2.25 bits per heavy atom. The molecule has 0 fully saturated rings. The first kappa shape index (κ1) is 15.8. The molecule has 0 bridgehead atoms. The van der Waals surface area contributed by atoms with Crippen LogP contribution in [-0.2, 0) is 6.18 Å². The number of oxime groups is 1. The minimum Gasteiger partial charge on any atom is -0.409 e. The van der Waals surface area contributed by atoms with E-state index in [1.165, 1.54) is 14.0 Å². The van der Waals surface area contributed by atoms with Gasteiger partial charge in [-0.1, -0.05) is 5.16 Å². The molecule has 1 unspecified atom stereocenters. The number of rotatable bonds is 3. The van der Waals surface area contributed by atoms with Crippen LogP contribution in [-0.4, -0.2) is 34.9 Å². The van der Waals surface area contributed by atoms with Crippen molar-refractivity contribution in [3.63, 3.8) is 0 Å². The number of benzene rings is 1. The Bertz CT molecular complexity index is 512. The molecule has 1 amide bonds. The van der Waals surface area contributed by atoms with Crippen LogP contribution in [0.5, 0.6) is 0 Å². The number of nitrogens with two attached hydrogens (primary N) is 1. The molecule has 1 aromatic rings. The summed E-state index contributed by atoms with van der Waals surface area (Å²) in [6.45, 7) is 1.52. The number of carbonyl (C=O) groups is 1. The maximum absolute atomic E-state index is 12.4. The molecule has 0 radical (unpaired) electrons. The largest absolute Gasteiger partial charge is 0.416 e. The highest BCUT2D eigenvalue weighted by Crippen LogP contribution is 2.29. The summed E-state index contributed by atoms with van der Waals surface area (Å²) in [5.74, 6) is -0.703. The number of carbonyl (C=O) groups excluding carboxylic acids is 1. The smallest absolute Gasteiger partial charge is 0.409 e. The van der Waals surface area contributed by atoms with Gasteiger partial charge in [-0.2, -0.15) is 13.2 Å². The van der Waals surface area contributed by atoms with Gasteiger partial charge in [-0.05, 0) is 31.2 Å². The third-order valence-electron chi connectivity index (χ3n) is 2.90. The van der Waals surface area contributed by atoms with Crippen LogP contribution in [0.2, 0.25) is 0 Å². The van der Waals surface area contributed by atoms with Crippen molar-refractivity contribution < 1.29 is 23.2 Å². The standard InChI is InChI=1S/C12H14F3N3O2/c1-7(10(16)17-20)18(2)11(19)8-3-5-9(6-4-8)12(13,14)15/h3-7,20H,1-2H3,(H2,16,17). The molecule has 20 heavy (non-hydrogen) atoms. The zero-order chi connectivity index (χ0) is 15.5. The van der Waals surface area contributed by atoms with E-state index in [2.05, 4.69) is 5.16 Å². The summed E-state index contributed by atoms with van der Waals surface area (Å²) in [7, 11) is 1.41. The zero-order valence-electron chi connectivity index (χ0n) is 10.8. The van der Waals surface area contributed by atoms with Gasteiger partial charge < -0.3 is 15.8 Å². The fourth-order valence-electron chi connectivity index (χ4n) is 1.46. The third kappa shape index (κ3) is 3.40. The Morgan fingerprint density at radius 2 is 1.85 bits per heavy atom. The average Bonchev–Trinajstić information content (AvgIpc) is 2.43. The van der Waals surface area contributed by atoms with Crippen molar-refractivity contribution in [2.45, 2.75) is 19.1 Å². The fraction of sp³-hybridized carbons (Fsp3) is 0.333. The lowest BCUT2D eigenvalue weighted by molar-refractivity contribution is -0.137.